The lowest BCUT2D eigenvalue weighted by molar-refractivity contribution is -0.142. The van der Waals surface area contributed by atoms with E-state index in [1.54, 1.807) is 6.92 Å². The number of hydrogen-bond acceptors (Lipinski definition) is 2. The normalized spacial score (nSPS) is 18.1. The van der Waals surface area contributed by atoms with E-state index in [4.69, 9.17) is 0 Å². The number of anilines is 1. The fraction of sp³-hybridized carbons (Fsp3) is 0.533. The van der Waals surface area contributed by atoms with Gasteiger partial charge in [0.25, 0.3) is 0 Å². The van der Waals surface area contributed by atoms with Gasteiger partial charge < -0.3 is 10.4 Å². The zero-order chi connectivity index (χ0) is 13.2. The number of hydrogen-bond donors (Lipinski definition) is 2. The van der Waals surface area contributed by atoms with Gasteiger partial charge in [0.15, 0.2) is 0 Å². The second kappa shape index (κ2) is 5.01. The number of carbonyl (C=O) groups is 1. The molecule has 1 aromatic carbocycles. The molecule has 1 fully saturated rings. The standard InChI is InChI=1S/C15H21NO2/c1-3-6-11-7-4-5-8-13(11)16-15(2,14(17)18)12-9-10-12/h4-5,7-8,12,16H,3,6,9-10H2,1-2H3,(H,17,18). The summed E-state index contributed by atoms with van der Waals surface area (Å²) in [7, 11) is 0. The summed E-state index contributed by atoms with van der Waals surface area (Å²) in [5, 5.41) is 12.7. The van der Waals surface area contributed by atoms with Crippen LogP contribution in [0.3, 0.4) is 0 Å². The van der Waals surface area contributed by atoms with Crippen molar-refractivity contribution in [3.8, 4) is 0 Å². The van der Waals surface area contributed by atoms with E-state index >= 15 is 0 Å². The molecule has 0 amide bonds. The van der Waals surface area contributed by atoms with Gasteiger partial charge in [-0.2, -0.15) is 0 Å². The molecule has 0 heterocycles. The zero-order valence-electron chi connectivity index (χ0n) is 11.1. The van der Waals surface area contributed by atoms with Crippen LogP contribution in [0.2, 0.25) is 0 Å². The van der Waals surface area contributed by atoms with Crippen LogP contribution in [-0.2, 0) is 11.2 Å². The van der Waals surface area contributed by atoms with Gasteiger partial charge in [0.2, 0.25) is 0 Å². The molecule has 0 aromatic heterocycles. The van der Waals surface area contributed by atoms with Gasteiger partial charge in [-0.15, -0.1) is 0 Å². The molecule has 0 aliphatic heterocycles. The number of carboxylic acids is 1. The molecule has 98 valence electrons. The lowest BCUT2D eigenvalue weighted by atomic mass is 9.94. The molecule has 1 saturated carbocycles. The lowest BCUT2D eigenvalue weighted by Gasteiger charge is -2.28. The maximum Gasteiger partial charge on any atom is 0.329 e. The van der Waals surface area contributed by atoms with Crippen LogP contribution in [0, 0.1) is 5.92 Å². The first-order valence-electron chi connectivity index (χ1n) is 6.67. The van der Waals surface area contributed by atoms with Crippen molar-refractivity contribution in [2.75, 3.05) is 5.32 Å². The molecule has 2 rings (SSSR count). The summed E-state index contributed by atoms with van der Waals surface area (Å²) in [6.45, 7) is 3.93. The van der Waals surface area contributed by atoms with Crippen LogP contribution in [-0.4, -0.2) is 16.6 Å². The van der Waals surface area contributed by atoms with Crippen LogP contribution < -0.4 is 5.32 Å². The number of nitrogens with one attached hydrogen (secondary N) is 1. The monoisotopic (exact) mass is 247 g/mol. The summed E-state index contributed by atoms with van der Waals surface area (Å²) in [5.41, 5.74) is 1.34. The zero-order valence-corrected chi connectivity index (χ0v) is 11.1. The van der Waals surface area contributed by atoms with Gasteiger partial charge in [-0.25, -0.2) is 4.79 Å². The molecule has 3 nitrogen and oxygen atoms in total. The van der Waals surface area contributed by atoms with Crippen molar-refractivity contribution in [3.05, 3.63) is 29.8 Å². The third-order valence-electron chi connectivity index (χ3n) is 3.77. The van der Waals surface area contributed by atoms with Crippen molar-refractivity contribution in [2.45, 2.75) is 45.1 Å². The van der Waals surface area contributed by atoms with E-state index in [2.05, 4.69) is 18.3 Å². The molecule has 0 radical (unpaired) electrons. The molecule has 1 aliphatic carbocycles. The largest absolute Gasteiger partial charge is 0.480 e. The Kier molecular flexibility index (Phi) is 3.60. The van der Waals surface area contributed by atoms with E-state index in [1.807, 2.05) is 18.2 Å². The molecule has 1 aliphatic rings. The average molecular weight is 247 g/mol. The fourth-order valence-electron chi connectivity index (χ4n) is 2.40. The van der Waals surface area contributed by atoms with Gasteiger partial charge in [-0.05, 0) is 43.7 Å². The van der Waals surface area contributed by atoms with Crippen molar-refractivity contribution in [2.24, 2.45) is 5.92 Å². The summed E-state index contributed by atoms with van der Waals surface area (Å²) in [4.78, 5) is 11.5. The summed E-state index contributed by atoms with van der Waals surface area (Å²) >= 11 is 0. The first-order chi connectivity index (χ1) is 8.58. The Morgan fingerprint density at radius 2 is 2.11 bits per heavy atom. The Hall–Kier alpha value is -1.51. The molecule has 1 atom stereocenters. The molecule has 2 N–H and O–H groups in total. The summed E-state index contributed by atoms with van der Waals surface area (Å²) in [5.74, 6) is -0.499. The van der Waals surface area contributed by atoms with E-state index in [-0.39, 0.29) is 5.92 Å². The van der Waals surface area contributed by atoms with Crippen LogP contribution in [0.1, 0.15) is 38.7 Å². The summed E-state index contributed by atoms with van der Waals surface area (Å²) in [6.07, 6.45) is 4.05. The third kappa shape index (κ3) is 2.50. The second-order valence-corrected chi connectivity index (χ2v) is 5.31. The molecule has 1 unspecified atom stereocenters. The molecular formula is C15H21NO2. The number of benzene rings is 1. The minimum absolute atomic E-state index is 0.254. The Bertz CT molecular complexity index is 440. The van der Waals surface area contributed by atoms with Gasteiger partial charge >= 0.3 is 5.97 Å². The van der Waals surface area contributed by atoms with Crippen LogP contribution in [0.4, 0.5) is 5.69 Å². The van der Waals surface area contributed by atoms with E-state index in [9.17, 15) is 9.90 Å². The average Bonchev–Trinajstić information content (AvgIpc) is 3.16. The van der Waals surface area contributed by atoms with Gasteiger partial charge in [0.05, 0.1) is 0 Å². The minimum atomic E-state index is -0.830. The van der Waals surface area contributed by atoms with E-state index in [1.165, 1.54) is 5.56 Å². The van der Waals surface area contributed by atoms with Crippen molar-refractivity contribution in [3.63, 3.8) is 0 Å². The number of aryl methyl sites for hydroxylation is 1. The van der Waals surface area contributed by atoms with Crippen molar-refractivity contribution in [1.82, 2.24) is 0 Å². The van der Waals surface area contributed by atoms with Gasteiger partial charge in [0, 0.05) is 5.69 Å². The van der Waals surface area contributed by atoms with Crippen LogP contribution in [0.15, 0.2) is 24.3 Å². The Balaban J connectivity index is 2.24. The van der Waals surface area contributed by atoms with E-state index < -0.39 is 11.5 Å². The SMILES string of the molecule is CCCc1ccccc1NC(C)(C(=O)O)C1CC1. The first-order valence-corrected chi connectivity index (χ1v) is 6.67. The quantitative estimate of drug-likeness (QED) is 0.811. The predicted molar refractivity (Wildman–Crippen MR) is 72.8 cm³/mol. The second-order valence-electron chi connectivity index (χ2n) is 5.31. The predicted octanol–water partition coefficient (Wildman–Crippen LogP) is 3.30. The first kappa shape index (κ1) is 12.9. The van der Waals surface area contributed by atoms with Crippen LogP contribution in [0.25, 0.3) is 0 Å². The minimum Gasteiger partial charge on any atom is -0.480 e. The van der Waals surface area contributed by atoms with Gasteiger partial charge in [-0.1, -0.05) is 31.5 Å². The van der Waals surface area contributed by atoms with E-state index in [0.29, 0.717) is 0 Å². The number of rotatable bonds is 6. The molecule has 1 aromatic rings. The molecule has 3 heteroatoms. The molecule has 0 saturated heterocycles. The lowest BCUT2D eigenvalue weighted by Crippen LogP contribution is -2.45. The van der Waals surface area contributed by atoms with Gasteiger partial charge in [-0.3, -0.25) is 0 Å². The maximum atomic E-state index is 11.5. The highest BCUT2D eigenvalue weighted by molar-refractivity contribution is 5.83. The van der Waals surface area contributed by atoms with Gasteiger partial charge in [0.1, 0.15) is 5.54 Å². The topological polar surface area (TPSA) is 49.3 Å². The Morgan fingerprint density at radius 1 is 1.44 bits per heavy atom. The molecule has 18 heavy (non-hydrogen) atoms. The third-order valence-corrected chi connectivity index (χ3v) is 3.77. The van der Waals surface area contributed by atoms with E-state index in [0.717, 1.165) is 31.4 Å². The molecule has 0 spiro atoms. The number of carboxylic acid groups (broad SMARTS) is 1. The van der Waals surface area contributed by atoms with Crippen molar-refractivity contribution in [1.29, 1.82) is 0 Å². The van der Waals surface area contributed by atoms with Crippen LogP contribution in [0.5, 0.6) is 0 Å². The highest BCUT2D eigenvalue weighted by Gasteiger charge is 2.47. The number of para-hydroxylation sites is 1. The highest BCUT2D eigenvalue weighted by atomic mass is 16.4. The van der Waals surface area contributed by atoms with Crippen molar-refractivity contribution >= 4 is 11.7 Å². The summed E-state index contributed by atoms with van der Waals surface area (Å²) in [6, 6.07) is 8.01. The number of aliphatic carboxylic acids is 1. The van der Waals surface area contributed by atoms with Crippen molar-refractivity contribution < 1.29 is 9.90 Å². The smallest absolute Gasteiger partial charge is 0.329 e. The molecule has 0 bridgehead atoms. The van der Waals surface area contributed by atoms with Crippen LogP contribution >= 0.6 is 0 Å². The summed E-state index contributed by atoms with van der Waals surface area (Å²) < 4.78 is 0. The maximum absolute atomic E-state index is 11.5. The highest BCUT2D eigenvalue weighted by Crippen LogP contribution is 2.42. The molecular weight excluding hydrogens is 226 g/mol. The Labute approximate surface area is 108 Å². The Morgan fingerprint density at radius 3 is 2.67 bits per heavy atom. The fourth-order valence-corrected chi connectivity index (χ4v) is 2.40.